The van der Waals surface area contributed by atoms with Gasteiger partial charge in [0.05, 0.1) is 30.2 Å². The Morgan fingerprint density at radius 3 is 2.17 bits per heavy atom. The SMILES string of the molecule is CC(C)c1nc(CC(=O)N(Cc2cccs2)Cc2cccs2)cs1. The highest BCUT2D eigenvalue weighted by Crippen LogP contribution is 2.21. The van der Waals surface area contributed by atoms with E-state index in [9.17, 15) is 4.79 Å². The summed E-state index contributed by atoms with van der Waals surface area (Å²) < 4.78 is 0. The van der Waals surface area contributed by atoms with Crippen LogP contribution >= 0.6 is 34.0 Å². The minimum Gasteiger partial charge on any atom is -0.332 e. The summed E-state index contributed by atoms with van der Waals surface area (Å²) in [7, 11) is 0. The molecule has 0 saturated carbocycles. The van der Waals surface area contributed by atoms with Gasteiger partial charge < -0.3 is 4.90 Å². The fraction of sp³-hybridized carbons (Fsp3) is 0.333. The molecule has 0 atom stereocenters. The molecule has 1 amide bonds. The van der Waals surface area contributed by atoms with E-state index in [0.29, 0.717) is 25.4 Å². The van der Waals surface area contributed by atoms with Crippen LogP contribution in [0.2, 0.25) is 0 Å². The first-order valence-electron chi connectivity index (χ1n) is 7.88. The normalized spacial score (nSPS) is 11.1. The van der Waals surface area contributed by atoms with Gasteiger partial charge >= 0.3 is 0 Å². The molecule has 0 spiro atoms. The van der Waals surface area contributed by atoms with Gasteiger partial charge in [0.1, 0.15) is 0 Å². The van der Waals surface area contributed by atoms with Crippen LogP contribution in [-0.2, 0) is 24.3 Å². The lowest BCUT2D eigenvalue weighted by Gasteiger charge is -2.21. The summed E-state index contributed by atoms with van der Waals surface area (Å²) >= 11 is 5.03. The molecule has 3 nitrogen and oxygen atoms in total. The lowest BCUT2D eigenvalue weighted by Crippen LogP contribution is -2.31. The van der Waals surface area contributed by atoms with E-state index in [2.05, 4.69) is 41.7 Å². The van der Waals surface area contributed by atoms with Gasteiger partial charge in [-0.05, 0) is 22.9 Å². The maximum Gasteiger partial charge on any atom is 0.229 e. The van der Waals surface area contributed by atoms with Crippen LogP contribution in [0.25, 0.3) is 0 Å². The molecule has 3 heterocycles. The van der Waals surface area contributed by atoms with Gasteiger partial charge in [-0.15, -0.1) is 34.0 Å². The lowest BCUT2D eigenvalue weighted by molar-refractivity contribution is -0.131. The van der Waals surface area contributed by atoms with Crippen LogP contribution in [0.4, 0.5) is 0 Å². The van der Waals surface area contributed by atoms with Crippen molar-refractivity contribution in [3.63, 3.8) is 0 Å². The first-order chi connectivity index (χ1) is 11.6. The fourth-order valence-electron chi connectivity index (χ4n) is 2.35. The number of rotatable bonds is 7. The number of amides is 1. The standard InChI is InChI=1S/C18H20N2OS3/c1-13(2)18-19-14(12-24-18)9-17(21)20(10-15-5-3-7-22-15)11-16-6-4-8-23-16/h3-8,12-13H,9-11H2,1-2H3. The van der Waals surface area contributed by atoms with Crippen LogP contribution in [0.3, 0.4) is 0 Å². The van der Waals surface area contributed by atoms with Gasteiger partial charge in [0.2, 0.25) is 5.91 Å². The second kappa shape index (κ2) is 8.05. The average Bonchev–Trinajstić information content (AvgIpc) is 3.29. The lowest BCUT2D eigenvalue weighted by atomic mass is 10.2. The largest absolute Gasteiger partial charge is 0.332 e. The Hall–Kier alpha value is -1.50. The number of thiophene rings is 2. The molecule has 3 aromatic rings. The van der Waals surface area contributed by atoms with Crippen molar-refractivity contribution in [1.82, 2.24) is 9.88 Å². The fourth-order valence-corrected chi connectivity index (χ4v) is 4.62. The van der Waals surface area contributed by atoms with Crippen molar-refractivity contribution < 1.29 is 4.79 Å². The molecular weight excluding hydrogens is 356 g/mol. The van der Waals surface area contributed by atoms with E-state index in [1.165, 1.54) is 9.75 Å². The Kier molecular flexibility index (Phi) is 5.81. The van der Waals surface area contributed by atoms with Crippen molar-refractivity contribution in [2.45, 2.75) is 39.3 Å². The first kappa shape index (κ1) is 17.3. The van der Waals surface area contributed by atoms with Gasteiger partial charge in [-0.2, -0.15) is 0 Å². The Morgan fingerprint density at radius 1 is 1.08 bits per heavy atom. The molecular formula is C18H20N2OS3. The molecule has 126 valence electrons. The first-order valence-corrected chi connectivity index (χ1v) is 10.5. The van der Waals surface area contributed by atoms with Crippen LogP contribution < -0.4 is 0 Å². The van der Waals surface area contributed by atoms with Crippen molar-refractivity contribution in [3.8, 4) is 0 Å². The zero-order valence-corrected chi connectivity index (χ0v) is 16.2. The number of carbonyl (C=O) groups excluding carboxylic acids is 1. The van der Waals surface area contributed by atoms with E-state index in [1.807, 2.05) is 22.4 Å². The van der Waals surface area contributed by atoms with Crippen molar-refractivity contribution in [1.29, 1.82) is 0 Å². The van der Waals surface area contributed by atoms with Gasteiger partial charge in [0, 0.05) is 21.1 Å². The van der Waals surface area contributed by atoms with Gasteiger partial charge in [-0.25, -0.2) is 4.98 Å². The van der Waals surface area contributed by atoms with Crippen molar-refractivity contribution in [3.05, 3.63) is 60.9 Å². The highest BCUT2D eigenvalue weighted by Gasteiger charge is 2.18. The summed E-state index contributed by atoms with van der Waals surface area (Å²) in [6.07, 6.45) is 0.375. The average molecular weight is 377 g/mol. The molecule has 0 aliphatic rings. The Bertz CT molecular complexity index is 724. The summed E-state index contributed by atoms with van der Waals surface area (Å²) in [5.41, 5.74) is 0.885. The van der Waals surface area contributed by atoms with Gasteiger partial charge in [-0.1, -0.05) is 26.0 Å². The summed E-state index contributed by atoms with van der Waals surface area (Å²) in [5.74, 6) is 0.546. The number of thiazole rings is 1. The monoisotopic (exact) mass is 376 g/mol. The summed E-state index contributed by atoms with van der Waals surface area (Å²) in [6.45, 7) is 5.58. The number of hydrogen-bond acceptors (Lipinski definition) is 5. The molecule has 0 unspecified atom stereocenters. The molecule has 0 fully saturated rings. The van der Waals surface area contributed by atoms with Crippen LogP contribution in [-0.4, -0.2) is 15.8 Å². The Labute approximate surface area is 154 Å². The molecule has 0 aliphatic heterocycles. The molecule has 0 radical (unpaired) electrons. The summed E-state index contributed by atoms with van der Waals surface area (Å²) in [5, 5.41) is 7.22. The third-order valence-electron chi connectivity index (χ3n) is 3.60. The zero-order valence-electron chi connectivity index (χ0n) is 13.8. The molecule has 0 bridgehead atoms. The van der Waals surface area contributed by atoms with Crippen LogP contribution in [0.1, 0.15) is 40.2 Å². The van der Waals surface area contributed by atoms with Crippen molar-refractivity contribution in [2.24, 2.45) is 0 Å². The van der Waals surface area contributed by atoms with E-state index in [1.54, 1.807) is 34.0 Å². The molecule has 0 aliphatic carbocycles. The Balaban J connectivity index is 1.71. The third-order valence-corrected chi connectivity index (χ3v) is 6.52. The van der Waals surface area contributed by atoms with E-state index >= 15 is 0 Å². The smallest absolute Gasteiger partial charge is 0.229 e. The number of hydrogen-bond donors (Lipinski definition) is 0. The van der Waals surface area contributed by atoms with E-state index in [-0.39, 0.29) is 5.91 Å². The summed E-state index contributed by atoms with van der Waals surface area (Å²) in [6, 6.07) is 8.23. The van der Waals surface area contributed by atoms with Crippen molar-refractivity contribution >= 4 is 39.9 Å². The zero-order chi connectivity index (χ0) is 16.9. The molecule has 6 heteroatoms. The third kappa shape index (κ3) is 4.53. The maximum absolute atomic E-state index is 12.8. The summed E-state index contributed by atoms with van der Waals surface area (Å²) in [4.78, 5) is 21.8. The number of aromatic nitrogens is 1. The molecule has 0 saturated heterocycles. The highest BCUT2D eigenvalue weighted by atomic mass is 32.1. The highest BCUT2D eigenvalue weighted by molar-refractivity contribution is 7.10. The molecule has 0 aromatic carbocycles. The van der Waals surface area contributed by atoms with Crippen LogP contribution in [0, 0.1) is 0 Å². The topological polar surface area (TPSA) is 33.2 Å². The minimum absolute atomic E-state index is 0.136. The number of carbonyl (C=O) groups is 1. The maximum atomic E-state index is 12.8. The van der Waals surface area contributed by atoms with Gasteiger partial charge in [0.25, 0.3) is 0 Å². The number of nitrogens with zero attached hydrogens (tertiary/aromatic N) is 2. The second-order valence-corrected chi connectivity index (χ2v) is 8.87. The van der Waals surface area contributed by atoms with E-state index in [4.69, 9.17) is 0 Å². The van der Waals surface area contributed by atoms with Crippen LogP contribution in [0.15, 0.2) is 40.4 Å². The Morgan fingerprint density at radius 2 is 1.71 bits per heavy atom. The van der Waals surface area contributed by atoms with Gasteiger partial charge in [-0.3, -0.25) is 4.79 Å². The quantitative estimate of drug-likeness (QED) is 0.570. The predicted molar refractivity (Wildman–Crippen MR) is 103 cm³/mol. The minimum atomic E-state index is 0.136. The molecule has 0 N–H and O–H groups in total. The van der Waals surface area contributed by atoms with E-state index in [0.717, 1.165) is 10.7 Å². The van der Waals surface area contributed by atoms with E-state index < -0.39 is 0 Å². The second-order valence-electron chi connectivity index (χ2n) is 5.92. The molecule has 3 rings (SSSR count). The predicted octanol–water partition coefficient (Wildman–Crippen LogP) is 5.16. The van der Waals surface area contributed by atoms with Gasteiger partial charge in [0.15, 0.2) is 0 Å². The molecule has 3 aromatic heterocycles. The molecule has 24 heavy (non-hydrogen) atoms. The van der Waals surface area contributed by atoms with Crippen molar-refractivity contribution in [2.75, 3.05) is 0 Å². The van der Waals surface area contributed by atoms with Crippen LogP contribution in [0.5, 0.6) is 0 Å².